The third-order valence-electron chi connectivity index (χ3n) is 3.80. The number of ether oxygens (including phenoxy) is 1. The van der Waals surface area contributed by atoms with E-state index >= 15 is 0 Å². The van der Waals surface area contributed by atoms with Crippen LogP contribution in [0.1, 0.15) is 54.4 Å². The zero-order valence-corrected chi connectivity index (χ0v) is 13.3. The molecule has 0 spiro atoms. The van der Waals surface area contributed by atoms with Crippen LogP contribution in [0, 0.1) is 5.41 Å². The van der Waals surface area contributed by atoms with Gasteiger partial charge in [0.05, 0.1) is 6.10 Å². The maximum atomic E-state index is 11.7. The number of rotatable bonds is 6. The van der Waals surface area contributed by atoms with Crippen molar-refractivity contribution >= 4 is 5.91 Å². The predicted octanol–water partition coefficient (Wildman–Crippen LogP) is 2.08. The number of amides is 1. The highest BCUT2D eigenvalue weighted by Crippen LogP contribution is 2.42. The lowest BCUT2D eigenvalue weighted by molar-refractivity contribution is -0.123. The van der Waals surface area contributed by atoms with Crippen molar-refractivity contribution in [3.05, 3.63) is 0 Å². The van der Waals surface area contributed by atoms with Gasteiger partial charge in [0.2, 0.25) is 5.91 Å². The first kappa shape index (κ1) is 16.4. The summed E-state index contributed by atoms with van der Waals surface area (Å²) in [5.74, 6) is 0.110. The van der Waals surface area contributed by atoms with Crippen LogP contribution in [0.15, 0.2) is 0 Å². The first-order chi connectivity index (χ1) is 8.66. The van der Waals surface area contributed by atoms with Gasteiger partial charge in [-0.05, 0) is 34.1 Å². The van der Waals surface area contributed by atoms with E-state index in [1.807, 2.05) is 27.7 Å². The lowest BCUT2D eigenvalue weighted by Crippen LogP contribution is -2.61. The van der Waals surface area contributed by atoms with E-state index in [2.05, 4.69) is 24.5 Å². The molecule has 0 aromatic rings. The van der Waals surface area contributed by atoms with Crippen LogP contribution >= 0.6 is 0 Å². The first-order valence-electron chi connectivity index (χ1n) is 7.33. The van der Waals surface area contributed by atoms with E-state index < -0.39 is 0 Å². The molecule has 0 aromatic heterocycles. The van der Waals surface area contributed by atoms with E-state index in [9.17, 15) is 4.79 Å². The van der Waals surface area contributed by atoms with Crippen LogP contribution in [0.3, 0.4) is 0 Å². The van der Waals surface area contributed by atoms with Crippen LogP contribution in [-0.4, -0.2) is 36.7 Å². The van der Waals surface area contributed by atoms with E-state index in [0.29, 0.717) is 18.6 Å². The molecule has 19 heavy (non-hydrogen) atoms. The molecule has 1 aliphatic rings. The van der Waals surface area contributed by atoms with Crippen molar-refractivity contribution < 1.29 is 9.53 Å². The molecule has 0 heterocycles. The predicted molar refractivity (Wildman–Crippen MR) is 78.1 cm³/mol. The Balaban J connectivity index is 2.23. The second-order valence-corrected chi connectivity index (χ2v) is 7.06. The SMILES string of the molecule is CCOC1CC(NCCC(=O)NC(C)(C)C)C1(C)C. The van der Waals surface area contributed by atoms with Crippen molar-refractivity contribution in [3.63, 3.8) is 0 Å². The first-order valence-corrected chi connectivity index (χ1v) is 7.33. The second kappa shape index (κ2) is 6.23. The summed E-state index contributed by atoms with van der Waals surface area (Å²) in [7, 11) is 0. The lowest BCUT2D eigenvalue weighted by Gasteiger charge is -2.52. The summed E-state index contributed by atoms with van der Waals surface area (Å²) in [6.07, 6.45) is 1.92. The summed E-state index contributed by atoms with van der Waals surface area (Å²) in [6.45, 7) is 14.0. The van der Waals surface area contributed by atoms with Crippen LogP contribution < -0.4 is 10.6 Å². The molecule has 0 radical (unpaired) electrons. The molecular weight excluding hydrogens is 240 g/mol. The molecule has 2 atom stereocenters. The summed E-state index contributed by atoms with van der Waals surface area (Å²) in [5.41, 5.74) is 0.0173. The van der Waals surface area contributed by atoms with Crippen molar-refractivity contribution in [2.24, 2.45) is 5.41 Å². The Hall–Kier alpha value is -0.610. The number of hydrogen-bond donors (Lipinski definition) is 2. The molecule has 4 nitrogen and oxygen atoms in total. The van der Waals surface area contributed by atoms with Crippen molar-refractivity contribution in [3.8, 4) is 0 Å². The Morgan fingerprint density at radius 1 is 1.37 bits per heavy atom. The molecule has 2 N–H and O–H groups in total. The molecule has 1 saturated carbocycles. The van der Waals surface area contributed by atoms with E-state index in [0.717, 1.165) is 19.6 Å². The van der Waals surface area contributed by atoms with E-state index in [4.69, 9.17) is 4.74 Å². The van der Waals surface area contributed by atoms with Crippen LogP contribution in [0.25, 0.3) is 0 Å². The Morgan fingerprint density at radius 2 is 2.00 bits per heavy atom. The van der Waals surface area contributed by atoms with Crippen molar-refractivity contribution in [2.75, 3.05) is 13.2 Å². The van der Waals surface area contributed by atoms with Crippen molar-refractivity contribution in [1.29, 1.82) is 0 Å². The topological polar surface area (TPSA) is 50.4 Å². The van der Waals surface area contributed by atoms with Gasteiger partial charge in [-0.2, -0.15) is 0 Å². The van der Waals surface area contributed by atoms with Crippen LogP contribution in [0.5, 0.6) is 0 Å². The van der Waals surface area contributed by atoms with Gasteiger partial charge in [0.15, 0.2) is 0 Å². The highest BCUT2D eigenvalue weighted by Gasteiger charge is 2.48. The largest absolute Gasteiger partial charge is 0.378 e. The number of nitrogens with one attached hydrogen (secondary N) is 2. The minimum atomic E-state index is -0.146. The number of carbonyl (C=O) groups excluding carboxylic acids is 1. The van der Waals surface area contributed by atoms with E-state index in [-0.39, 0.29) is 16.9 Å². The molecular formula is C15H30N2O2. The number of hydrogen-bond acceptors (Lipinski definition) is 3. The van der Waals surface area contributed by atoms with Gasteiger partial charge in [0.25, 0.3) is 0 Å². The summed E-state index contributed by atoms with van der Waals surface area (Å²) in [4.78, 5) is 11.7. The molecule has 112 valence electrons. The molecule has 1 rings (SSSR count). The van der Waals surface area contributed by atoms with Crippen molar-refractivity contribution in [2.45, 2.75) is 72.1 Å². The quantitative estimate of drug-likeness (QED) is 0.777. The fraction of sp³-hybridized carbons (Fsp3) is 0.933. The standard InChI is InChI=1S/C15H30N2O2/c1-7-19-12-10-11(15(12,5)6)16-9-8-13(18)17-14(2,3)4/h11-12,16H,7-10H2,1-6H3,(H,17,18). The Morgan fingerprint density at radius 3 is 2.47 bits per heavy atom. The van der Waals surface area contributed by atoms with Gasteiger partial charge >= 0.3 is 0 Å². The minimum absolute atomic E-state index is 0.110. The Bertz CT molecular complexity index is 308. The van der Waals surface area contributed by atoms with Gasteiger partial charge in [-0.15, -0.1) is 0 Å². The smallest absolute Gasteiger partial charge is 0.221 e. The average molecular weight is 270 g/mol. The van der Waals surface area contributed by atoms with Gasteiger partial charge < -0.3 is 15.4 Å². The van der Waals surface area contributed by atoms with Gasteiger partial charge in [0.1, 0.15) is 0 Å². The molecule has 0 saturated heterocycles. The maximum absolute atomic E-state index is 11.7. The van der Waals surface area contributed by atoms with Crippen LogP contribution in [-0.2, 0) is 9.53 Å². The zero-order valence-electron chi connectivity index (χ0n) is 13.3. The summed E-state index contributed by atoms with van der Waals surface area (Å²) >= 11 is 0. The summed E-state index contributed by atoms with van der Waals surface area (Å²) in [6, 6.07) is 0.450. The molecule has 1 aliphatic carbocycles. The van der Waals surface area contributed by atoms with Crippen molar-refractivity contribution in [1.82, 2.24) is 10.6 Å². The molecule has 2 unspecified atom stereocenters. The van der Waals surface area contributed by atoms with Crippen LogP contribution in [0.4, 0.5) is 0 Å². The Kier molecular flexibility index (Phi) is 5.39. The monoisotopic (exact) mass is 270 g/mol. The normalized spacial score (nSPS) is 25.8. The molecule has 0 aromatic carbocycles. The average Bonchev–Trinajstić information content (AvgIpc) is 2.24. The third-order valence-corrected chi connectivity index (χ3v) is 3.80. The maximum Gasteiger partial charge on any atom is 0.221 e. The molecule has 1 fully saturated rings. The van der Waals surface area contributed by atoms with E-state index in [1.54, 1.807) is 0 Å². The highest BCUT2D eigenvalue weighted by molar-refractivity contribution is 5.76. The van der Waals surface area contributed by atoms with Gasteiger partial charge in [-0.3, -0.25) is 4.79 Å². The van der Waals surface area contributed by atoms with Gasteiger partial charge in [-0.1, -0.05) is 13.8 Å². The van der Waals surface area contributed by atoms with Gasteiger partial charge in [0, 0.05) is 36.6 Å². The summed E-state index contributed by atoms with van der Waals surface area (Å²) in [5, 5.41) is 6.45. The molecule has 0 bridgehead atoms. The molecule has 4 heteroatoms. The minimum Gasteiger partial charge on any atom is -0.378 e. The zero-order chi connectivity index (χ0) is 14.7. The van der Waals surface area contributed by atoms with Crippen LogP contribution in [0.2, 0.25) is 0 Å². The van der Waals surface area contributed by atoms with Gasteiger partial charge in [-0.25, -0.2) is 0 Å². The number of carbonyl (C=O) groups is 1. The summed E-state index contributed by atoms with van der Waals surface area (Å²) < 4.78 is 5.70. The molecule has 1 amide bonds. The highest BCUT2D eigenvalue weighted by atomic mass is 16.5. The fourth-order valence-corrected chi connectivity index (χ4v) is 2.56. The molecule has 0 aliphatic heterocycles. The third kappa shape index (κ3) is 4.77. The lowest BCUT2D eigenvalue weighted by atomic mass is 9.64. The van der Waals surface area contributed by atoms with E-state index in [1.165, 1.54) is 0 Å². The fourth-order valence-electron chi connectivity index (χ4n) is 2.56. The second-order valence-electron chi connectivity index (χ2n) is 7.06. The Labute approximate surface area is 117 Å².